The predicted molar refractivity (Wildman–Crippen MR) is 64.9 cm³/mol. The lowest BCUT2D eigenvalue weighted by Crippen LogP contribution is -2.28. The maximum atomic E-state index is 12.9. The second-order valence-electron chi connectivity index (χ2n) is 5.10. The maximum absolute atomic E-state index is 12.9. The highest BCUT2D eigenvalue weighted by molar-refractivity contribution is 5.18. The number of halogens is 2. The van der Waals surface area contributed by atoms with Crippen LogP contribution in [0.5, 0.6) is 0 Å². The first kappa shape index (κ1) is 12.5. The molecule has 17 heavy (non-hydrogen) atoms. The smallest absolute Gasteiger partial charge is 0.126 e. The highest BCUT2D eigenvalue weighted by Gasteiger charge is 2.20. The van der Waals surface area contributed by atoms with E-state index in [2.05, 4.69) is 12.2 Å². The molecule has 1 fully saturated rings. The van der Waals surface area contributed by atoms with Crippen molar-refractivity contribution in [3.05, 3.63) is 35.4 Å². The van der Waals surface area contributed by atoms with Gasteiger partial charge in [0.25, 0.3) is 0 Å². The Kier molecular flexibility index (Phi) is 4.11. The summed E-state index contributed by atoms with van der Waals surface area (Å²) in [5.74, 6) is -0.178. The van der Waals surface area contributed by atoms with Gasteiger partial charge in [-0.2, -0.15) is 0 Å². The van der Waals surface area contributed by atoms with E-state index in [1.807, 2.05) is 0 Å². The van der Waals surface area contributed by atoms with E-state index in [-0.39, 0.29) is 0 Å². The standard InChI is InChI=1S/C14H19F2N/c1-10-2-3-14(6-10)17-5-4-11-7-12(15)9-13(16)8-11/h7-10,14,17H,2-6H2,1H3. The van der Waals surface area contributed by atoms with Gasteiger partial charge in [-0.15, -0.1) is 0 Å². The van der Waals surface area contributed by atoms with E-state index in [1.54, 1.807) is 0 Å². The summed E-state index contributed by atoms with van der Waals surface area (Å²) in [5.41, 5.74) is 0.723. The van der Waals surface area contributed by atoms with Crippen LogP contribution in [-0.2, 0) is 6.42 Å². The SMILES string of the molecule is CC1CCC(NCCc2cc(F)cc(F)c2)C1. The fourth-order valence-corrected chi connectivity index (χ4v) is 2.57. The second-order valence-corrected chi connectivity index (χ2v) is 5.10. The van der Waals surface area contributed by atoms with Gasteiger partial charge in [0.2, 0.25) is 0 Å². The molecule has 1 aromatic rings. The Balaban J connectivity index is 1.78. The van der Waals surface area contributed by atoms with Crippen molar-refractivity contribution >= 4 is 0 Å². The Bertz CT molecular complexity index is 358. The van der Waals surface area contributed by atoms with Crippen molar-refractivity contribution < 1.29 is 8.78 Å². The van der Waals surface area contributed by atoms with Crippen LogP contribution in [0.15, 0.2) is 18.2 Å². The Labute approximate surface area is 101 Å². The molecule has 0 aliphatic heterocycles. The topological polar surface area (TPSA) is 12.0 Å². The van der Waals surface area contributed by atoms with Crippen LogP contribution in [0.25, 0.3) is 0 Å². The summed E-state index contributed by atoms with van der Waals surface area (Å²) in [5, 5.41) is 3.45. The largest absolute Gasteiger partial charge is 0.314 e. The van der Waals surface area contributed by atoms with Gasteiger partial charge < -0.3 is 5.32 Å². The van der Waals surface area contributed by atoms with E-state index in [1.165, 1.54) is 31.4 Å². The third-order valence-electron chi connectivity index (χ3n) is 3.46. The van der Waals surface area contributed by atoms with Crippen LogP contribution in [0.3, 0.4) is 0 Å². The number of rotatable bonds is 4. The van der Waals surface area contributed by atoms with Crippen LogP contribution in [0, 0.1) is 17.6 Å². The minimum absolute atomic E-state index is 0.491. The van der Waals surface area contributed by atoms with Crippen molar-refractivity contribution in [2.24, 2.45) is 5.92 Å². The molecular formula is C14H19F2N. The number of hydrogen-bond acceptors (Lipinski definition) is 1. The van der Waals surface area contributed by atoms with Crippen molar-refractivity contribution in [1.82, 2.24) is 5.32 Å². The van der Waals surface area contributed by atoms with E-state index in [9.17, 15) is 8.78 Å². The first-order chi connectivity index (χ1) is 8.13. The number of benzene rings is 1. The van der Waals surface area contributed by atoms with Crippen molar-refractivity contribution in [1.29, 1.82) is 0 Å². The molecule has 0 spiro atoms. The van der Waals surface area contributed by atoms with Gasteiger partial charge in [0.15, 0.2) is 0 Å². The van der Waals surface area contributed by atoms with E-state index in [0.29, 0.717) is 12.5 Å². The van der Waals surface area contributed by atoms with Crippen molar-refractivity contribution in [2.75, 3.05) is 6.54 Å². The van der Waals surface area contributed by atoms with E-state index in [4.69, 9.17) is 0 Å². The fourth-order valence-electron chi connectivity index (χ4n) is 2.57. The van der Waals surface area contributed by atoms with Gasteiger partial charge in [0, 0.05) is 12.1 Å². The molecule has 1 aliphatic rings. The minimum Gasteiger partial charge on any atom is -0.314 e. The molecule has 3 heteroatoms. The average Bonchev–Trinajstić information content (AvgIpc) is 2.63. The fraction of sp³-hybridized carbons (Fsp3) is 0.571. The number of nitrogens with one attached hydrogen (secondary N) is 1. The van der Waals surface area contributed by atoms with Crippen molar-refractivity contribution in [3.63, 3.8) is 0 Å². The Morgan fingerprint density at radius 1 is 1.18 bits per heavy atom. The molecule has 0 heterocycles. The lowest BCUT2D eigenvalue weighted by Gasteiger charge is -2.12. The highest BCUT2D eigenvalue weighted by Crippen LogP contribution is 2.24. The van der Waals surface area contributed by atoms with Gasteiger partial charge in [0.05, 0.1) is 0 Å². The summed E-state index contributed by atoms with van der Waals surface area (Å²) in [6.45, 7) is 3.06. The van der Waals surface area contributed by atoms with Gasteiger partial charge in [-0.25, -0.2) is 8.78 Å². The van der Waals surface area contributed by atoms with Crippen LogP contribution in [-0.4, -0.2) is 12.6 Å². The van der Waals surface area contributed by atoms with E-state index < -0.39 is 11.6 Å². The molecule has 0 amide bonds. The summed E-state index contributed by atoms with van der Waals surface area (Å²) in [6.07, 6.45) is 4.40. The first-order valence-corrected chi connectivity index (χ1v) is 6.32. The molecule has 1 nitrogen and oxygen atoms in total. The summed E-state index contributed by atoms with van der Waals surface area (Å²) < 4.78 is 25.9. The molecular weight excluding hydrogens is 220 g/mol. The monoisotopic (exact) mass is 239 g/mol. The molecule has 0 radical (unpaired) electrons. The molecule has 0 bridgehead atoms. The zero-order valence-corrected chi connectivity index (χ0v) is 10.2. The summed E-state index contributed by atoms with van der Waals surface area (Å²) in [6, 6.07) is 4.31. The minimum atomic E-state index is -0.491. The van der Waals surface area contributed by atoms with Gasteiger partial charge in [-0.05, 0) is 55.8 Å². The Morgan fingerprint density at radius 2 is 1.88 bits per heavy atom. The zero-order valence-electron chi connectivity index (χ0n) is 10.2. The normalized spacial score (nSPS) is 24.2. The third-order valence-corrected chi connectivity index (χ3v) is 3.46. The first-order valence-electron chi connectivity index (χ1n) is 6.32. The lowest BCUT2D eigenvalue weighted by atomic mass is 10.1. The molecule has 94 valence electrons. The summed E-state index contributed by atoms with van der Waals surface area (Å²) >= 11 is 0. The average molecular weight is 239 g/mol. The van der Waals surface area contributed by atoms with E-state index in [0.717, 1.165) is 24.1 Å². The molecule has 2 atom stereocenters. The summed E-state index contributed by atoms with van der Waals surface area (Å²) in [4.78, 5) is 0. The van der Waals surface area contributed by atoms with Gasteiger partial charge in [-0.1, -0.05) is 6.92 Å². The Hall–Kier alpha value is -0.960. The Morgan fingerprint density at radius 3 is 2.47 bits per heavy atom. The van der Waals surface area contributed by atoms with Crippen LogP contribution >= 0.6 is 0 Å². The molecule has 1 N–H and O–H groups in total. The molecule has 1 aliphatic carbocycles. The van der Waals surface area contributed by atoms with Crippen LogP contribution < -0.4 is 5.32 Å². The molecule has 2 rings (SSSR count). The predicted octanol–water partition coefficient (Wildman–Crippen LogP) is 3.29. The molecule has 1 aromatic carbocycles. The quantitative estimate of drug-likeness (QED) is 0.850. The van der Waals surface area contributed by atoms with Gasteiger partial charge in [0.1, 0.15) is 11.6 Å². The molecule has 0 saturated heterocycles. The second kappa shape index (κ2) is 5.58. The van der Waals surface area contributed by atoms with E-state index >= 15 is 0 Å². The molecule has 1 saturated carbocycles. The highest BCUT2D eigenvalue weighted by atomic mass is 19.1. The number of hydrogen-bond donors (Lipinski definition) is 1. The van der Waals surface area contributed by atoms with Crippen LogP contribution in [0.1, 0.15) is 31.7 Å². The zero-order chi connectivity index (χ0) is 12.3. The van der Waals surface area contributed by atoms with Gasteiger partial charge in [-0.3, -0.25) is 0 Å². The summed E-state index contributed by atoms with van der Waals surface area (Å²) in [7, 11) is 0. The third kappa shape index (κ3) is 3.77. The van der Waals surface area contributed by atoms with Gasteiger partial charge >= 0.3 is 0 Å². The van der Waals surface area contributed by atoms with Crippen LogP contribution in [0.2, 0.25) is 0 Å². The molecule has 2 unspecified atom stereocenters. The lowest BCUT2D eigenvalue weighted by molar-refractivity contribution is 0.504. The van der Waals surface area contributed by atoms with Crippen molar-refractivity contribution in [2.45, 2.75) is 38.6 Å². The maximum Gasteiger partial charge on any atom is 0.126 e. The molecule has 0 aromatic heterocycles. The van der Waals surface area contributed by atoms with Crippen molar-refractivity contribution in [3.8, 4) is 0 Å². The van der Waals surface area contributed by atoms with Crippen LogP contribution in [0.4, 0.5) is 8.78 Å².